The molecule has 5 rings (SSSR count). The summed E-state index contributed by atoms with van der Waals surface area (Å²) in [5.74, 6) is 0.300. The summed E-state index contributed by atoms with van der Waals surface area (Å²) in [5.41, 5.74) is 2.43. The van der Waals surface area contributed by atoms with Crippen molar-refractivity contribution in [3.8, 4) is 10.6 Å². The molecule has 0 amide bonds. The minimum absolute atomic E-state index is 0.0777. The first-order chi connectivity index (χ1) is 16.9. The molecule has 10 heteroatoms. The highest BCUT2D eigenvalue weighted by Gasteiger charge is 2.41. The lowest BCUT2D eigenvalue weighted by atomic mass is 10.1. The van der Waals surface area contributed by atoms with Crippen molar-refractivity contribution in [3.05, 3.63) is 65.3 Å². The SMILES string of the molecule is C[C@H](Nc1nc(Cl)c(-c2nc3ccccc3s2)c(N[C@@H]2C[C@H](CO)[C@@H](O)[C@H]2O)n1)c1ccccc1. The standard InChI is InChI=1S/C25H26ClN5O3S/c1-13(14-7-3-2-4-8-14)27-25-30-22(26)19(24-29-16-9-5-6-10-18(16)35-24)23(31-25)28-17-11-15(12-32)20(33)21(17)34/h2-10,13,15,17,20-21,32-34H,11-12H2,1H3,(H2,27,28,30,31)/t13-,15+,17+,20+,21-/m0/s1. The maximum atomic E-state index is 10.6. The third kappa shape index (κ3) is 4.82. The van der Waals surface area contributed by atoms with E-state index in [9.17, 15) is 15.3 Å². The second-order valence-corrected chi connectivity index (χ2v) is 10.1. The summed E-state index contributed by atoms with van der Waals surface area (Å²) in [7, 11) is 0. The maximum absolute atomic E-state index is 10.6. The Labute approximate surface area is 211 Å². The molecule has 2 aromatic heterocycles. The van der Waals surface area contributed by atoms with Crippen LogP contribution in [0.3, 0.4) is 0 Å². The Hall–Kier alpha value is -2.82. The van der Waals surface area contributed by atoms with Gasteiger partial charge in [0.05, 0.1) is 34.0 Å². The minimum Gasteiger partial charge on any atom is -0.396 e. The van der Waals surface area contributed by atoms with Gasteiger partial charge < -0.3 is 26.0 Å². The number of anilines is 2. The number of halogens is 1. The van der Waals surface area contributed by atoms with Gasteiger partial charge in [-0.1, -0.05) is 54.1 Å². The highest BCUT2D eigenvalue weighted by molar-refractivity contribution is 7.21. The number of aliphatic hydroxyl groups excluding tert-OH is 3. The number of nitrogens with zero attached hydrogens (tertiary/aromatic N) is 3. The first-order valence-corrected chi connectivity index (χ1v) is 12.6. The number of benzene rings is 2. The molecule has 5 atom stereocenters. The van der Waals surface area contributed by atoms with E-state index >= 15 is 0 Å². The number of aromatic nitrogens is 3. The average Bonchev–Trinajstić information content (AvgIpc) is 3.40. The number of thiazole rings is 1. The number of aliphatic hydroxyl groups is 3. The summed E-state index contributed by atoms with van der Waals surface area (Å²) in [4.78, 5) is 13.9. The van der Waals surface area contributed by atoms with Crippen molar-refractivity contribution >= 4 is 44.9 Å². The van der Waals surface area contributed by atoms with E-state index in [-0.39, 0.29) is 17.8 Å². The fraction of sp³-hybridized carbons (Fsp3) is 0.320. The van der Waals surface area contributed by atoms with E-state index in [2.05, 4.69) is 15.6 Å². The van der Waals surface area contributed by atoms with Crippen LogP contribution in [0.5, 0.6) is 0 Å². The van der Waals surface area contributed by atoms with E-state index in [1.54, 1.807) is 0 Å². The molecule has 5 N–H and O–H groups in total. The highest BCUT2D eigenvalue weighted by atomic mass is 35.5. The second kappa shape index (κ2) is 10.0. The molecular formula is C25H26ClN5O3S. The fourth-order valence-corrected chi connectivity index (χ4v) is 5.74. The minimum atomic E-state index is -1.07. The van der Waals surface area contributed by atoms with Crippen molar-refractivity contribution in [2.45, 2.75) is 37.6 Å². The Bertz CT molecular complexity index is 1290. The average molecular weight is 512 g/mol. The van der Waals surface area contributed by atoms with E-state index < -0.39 is 24.2 Å². The van der Waals surface area contributed by atoms with Gasteiger partial charge in [0.15, 0.2) is 0 Å². The molecule has 1 saturated carbocycles. The molecule has 2 aromatic carbocycles. The Morgan fingerprint density at radius 2 is 1.77 bits per heavy atom. The molecule has 1 fully saturated rings. The summed E-state index contributed by atoms with van der Waals surface area (Å²) in [5, 5.41) is 37.9. The number of para-hydroxylation sites is 1. The first-order valence-electron chi connectivity index (χ1n) is 11.4. The molecule has 0 bridgehead atoms. The third-order valence-corrected chi connectivity index (χ3v) is 7.70. The summed E-state index contributed by atoms with van der Waals surface area (Å²) in [6.07, 6.45) is -1.72. The number of rotatable bonds is 7. The van der Waals surface area contributed by atoms with Gasteiger partial charge in [-0.15, -0.1) is 11.3 Å². The van der Waals surface area contributed by atoms with Crippen molar-refractivity contribution in [2.75, 3.05) is 17.2 Å². The second-order valence-electron chi connectivity index (χ2n) is 8.74. The van der Waals surface area contributed by atoms with Gasteiger partial charge in [0, 0.05) is 12.5 Å². The van der Waals surface area contributed by atoms with Gasteiger partial charge in [0.1, 0.15) is 22.1 Å². The quantitative estimate of drug-likeness (QED) is 0.235. The van der Waals surface area contributed by atoms with Crippen LogP contribution < -0.4 is 10.6 Å². The molecule has 35 heavy (non-hydrogen) atoms. The van der Waals surface area contributed by atoms with Crippen LogP contribution in [0.25, 0.3) is 20.8 Å². The molecule has 0 unspecified atom stereocenters. The molecule has 4 aromatic rings. The van der Waals surface area contributed by atoms with Crippen LogP contribution in [0, 0.1) is 5.92 Å². The monoisotopic (exact) mass is 511 g/mol. The van der Waals surface area contributed by atoms with Crippen LogP contribution in [0.4, 0.5) is 11.8 Å². The zero-order valence-corrected chi connectivity index (χ0v) is 20.5. The van der Waals surface area contributed by atoms with E-state index in [1.807, 2.05) is 61.5 Å². The smallest absolute Gasteiger partial charge is 0.226 e. The number of nitrogens with one attached hydrogen (secondary N) is 2. The van der Waals surface area contributed by atoms with Crippen LogP contribution in [-0.4, -0.2) is 55.1 Å². The van der Waals surface area contributed by atoms with E-state index in [0.717, 1.165) is 15.8 Å². The molecule has 0 aliphatic heterocycles. The topological polar surface area (TPSA) is 123 Å². The molecule has 2 heterocycles. The summed E-state index contributed by atoms with van der Waals surface area (Å²) in [6, 6.07) is 17.1. The van der Waals surface area contributed by atoms with E-state index in [1.165, 1.54) is 11.3 Å². The van der Waals surface area contributed by atoms with Crippen molar-refractivity contribution in [3.63, 3.8) is 0 Å². The van der Waals surface area contributed by atoms with Crippen LogP contribution >= 0.6 is 22.9 Å². The van der Waals surface area contributed by atoms with Crippen molar-refractivity contribution in [2.24, 2.45) is 5.92 Å². The van der Waals surface area contributed by atoms with Gasteiger partial charge in [-0.3, -0.25) is 0 Å². The third-order valence-electron chi connectivity index (χ3n) is 6.38. The van der Waals surface area contributed by atoms with Gasteiger partial charge in [-0.05, 0) is 31.0 Å². The number of fused-ring (bicyclic) bond motifs is 1. The van der Waals surface area contributed by atoms with Crippen molar-refractivity contribution in [1.29, 1.82) is 0 Å². The lowest BCUT2D eigenvalue weighted by Crippen LogP contribution is -2.35. The van der Waals surface area contributed by atoms with Gasteiger partial charge in [-0.25, -0.2) is 9.97 Å². The summed E-state index contributed by atoms with van der Waals surface area (Å²) < 4.78 is 1.00. The van der Waals surface area contributed by atoms with Gasteiger partial charge in [0.25, 0.3) is 0 Å². The van der Waals surface area contributed by atoms with Gasteiger partial charge in [-0.2, -0.15) is 4.98 Å². The predicted octanol–water partition coefficient (Wildman–Crippen LogP) is 4.09. The van der Waals surface area contributed by atoms with Crippen LogP contribution in [0.15, 0.2) is 54.6 Å². The van der Waals surface area contributed by atoms with Crippen molar-refractivity contribution in [1.82, 2.24) is 15.0 Å². The lowest BCUT2D eigenvalue weighted by Gasteiger charge is -2.21. The summed E-state index contributed by atoms with van der Waals surface area (Å²) >= 11 is 8.19. The normalized spacial score (nSPS) is 22.9. The van der Waals surface area contributed by atoms with Crippen LogP contribution in [-0.2, 0) is 0 Å². The zero-order valence-electron chi connectivity index (χ0n) is 19.0. The van der Waals surface area contributed by atoms with Crippen LogP contribution in [0.1, 0.15) is 24.9 Å². The molecule has 0 saturated heterocycles. The molecule has 1 aliphatic rings. The van der Waals surface area contributed by atoms with Crippen molar-refractivity contribution < 1.29 is 15.3 Å². The molecule has 1 aliphatic carbocycles. The molecule has 8 nitrogen and oxygen atoms in total. The highest BCUT2D eigenvalue weighted by Crippen LogP contribution is 2.40. The maximum Gasteiger partial charge on any atom is 0.226 e. The Morgan fingerprint density at radius 3 is 2.49 bits per heavy atom. The largest absolute Gasteiger partial charge is 0.396 e. The fourth-order valence-electron chi connectivity index (χ4n) is 4.41. The Morgan fingerprint density at radius 1 is 1.03 bits per heavy atom. The molecule has 0 radical (unpaired) electrons. The number of hydrogen-bond donors (Lipinski definition) is 5. The number of hydrogen-bond acceptors (Lipinski definition) is 9. The Kier molecular flexibility index (Phi) is 6.86. The first kappa shape index (κ1) is 23.9. The van der Waals surface area contributed by atoms with Gasteiger partial charge >= 0.3 is 0 Å². The molecular weight excluding hydrogens is 486 g/mol. The molecule has 0 spiro atoms. The Balaban J connectivity index is 1.54. The zero-order chi connectivity index (χ0) is 24.5. The summed E-state index contributed by atoms with van der Waals surface area (Å²) in [6.45, 7) is 1.79. The van der Waals surface area contributed by atoms with Gasteiger partial charge in [0.2, 0.25) is 5.95 Å². The van der Waals surface area contributed by atoms with E-state index in [4.69, 9.17) is 21.6 Å². The van der Waals surface area contributed by atoms with E-state index in [0.29, 0.717) is 28.8 Å². The van der Waals surface area contributed by atoms with Crippen LogP contribution in [0.2, 0.25) is 5.15 Å². The predicted molar refractivity (Wildman–Crippen MR) is 139 cm³/mol. The molecule has 182 valence electrons. The lowest BCUT2D eigenvalue weighted by molar-refractivity contribution is 0.00446.